The van der Waals surface area contributed by atoms with Gasteiger partial charge in [-0.3, -0.25) is 14.4 Å². The van der Waals surface area contributed by atoms with Gasteiger partial charge in [0.2, 0.25) is 21.8 Å². The van der Waals surface area contributed by atoms with Crippen LogP contribution < -0.4 is 10.6 Å². The highest BCUT2D eigenvalue weighted by Crippen LogP contribution is 2.21. The average molecular weight is 667 g/mol. The van der Waals surface area contributed by atoms with Crippen molar-refractivity contribution in [3.8, 4) is 0 Å². The van der Waals surface area contributed by atoms with Crippen LogP contribution in [0.25, 0.3) is 10.8 Å². The van der Waals surface area contributed by atoms with Gasteiger partial charge in [-0.2, -0.15) is 9.82 Å². The van der Waals surface area contributed by atoms with Gasteiger partial charge in [0.05, 0.1) is 24.3 Å². The molecule has 1 saturated heterocycles. The molecule has 1 fully saturated rings. The van der Waals surface area contributed by atoms with Gasteiger partial charge in [-0.25, -0.2) is 8.42 Å². The van der Waals surface area contributed by atoms with E-state index in [9.17, 15) is 22.8 Å². The van der Waals surface area contributed by atoms with Gasteiger partial charge in [-0.1, -0.05) is 43.7 Å². The highest BCUT2D eigenvalue weighted by atomic mass is 35.5. The van der Waals surface area contributed by atoms with Crippen LogP contribution in [0.3, 0.4) is 0 Å². The highest BCUT2D eigenvalue weighted by molar-refractivity contribution is 7.89. The maximum Gasteiger partial charge on any atom is 0.307 e. The first-order chi connectivity index (χ1) is 21.1. The summed E-state index contributed by atoms with van der Waals surface area (Å²) in [5.74, 6) is 4.11. The number of hydrazone groups is 1. The SMILES string of the molecule is CCCCN(CCC(=O)OCC)C(=O)[C@H](CC(=O)N(C)C[C@@H]1CCCN(C=NN)C1)NS(=O)(=O)c1ccc2ccccc2c1.Cl. The molecule has 1 aliphatic rings. The van der Waals surface area contributed by atoms with Gasteiger partial charge >= 0.3 is 5.97 Å². The van der Waals surface area contributed by atoms with Crippen LogP contribution in [-0.4, -0.2) is 99.7 Å². The third-order valence-corrected chi connectivity index (χ3v) is 9.20. The Morgan fingerprint density at radius 3 is 2.58 bits per heavy atom. The summed E-state index contributed by atoms with van der Waals surface area (Å²) >= 11 is 0. The third-order valence-electron chi connectivity index (χ3n) is 7.73. The predicted molar refractivity (Wildman–Crippen MR) is 177 cm³/mol. The zero-order chi connectivity index (χ0) is 32.1. The summed E-state index contributed by atoms with van der Waals surface area (Å²) in [6.45, 7) is 6.22. The van der Waals surface area contributed by atoms with E-state index in [0.29, 0.717) is 26.1 Å². The van der Waals surface area contributed by atoms with Gasteiger partial charge in [0.25, 0.3) is 0 Å². The van der Waals surface area contributed by atoms with Crippen LogP contribution in [0, 0.1) is 5.92 Å². The van der Waals surface area contributed by atoms with Crippen molar-refractivity contribution in [3.05, 3.63) is 42.5 Å². The average Bonchev–Trinajstić information content (AvgIpc) is 3.00. The van der Waals surface area contributed by atoms with Crippen molar-refractivity contribution in [2.24, 2.45) is 16.9 Å². The van der Waals surface area contributed by atoms with Crippen LogP contribution in [-0.2, 0) is 29.1 Å². The molecule has 0 unspecified atom stereocenters. The first-order valence-corrected chi connectivity index (χ1v) is 16.7. The number of fused-ring (bicyclic) bond motifs is 1. The number of nitrogens with two attached hydrogens (primary N) is 1. The maximum atomic E-state index is 13.9. The predicted octanol–water partition coefficient (Wildman–Crippen LogP) is 2.95. The molecule has 3 N–H and O–H groups in total. The first-order valence-electron chi connectivity index (χ1n) is 15.2. The summed E-state index contributed by atoms with van der Waals surface area (Å²) in [7, 11) is -2.53. The van der Waals surface area contributed by atoms with Crippen molar-refractivity contribution in [2.75, 3.05) is 46.4 Å². The molecule has 1 aliphatic heterocycles. The number of carbonyl (C=O) groups excluding carboxylic acids is 3. The summed E-state index contributed by atoms with van der Waals surface area (Å²) in [4.78, 5) is 44.6. The second-order valence-corrected chi connectivity index (χ2v) is 12.9. The van der Waals surface area contributed by atoms with Crippen LogP contribution in [0.1, 0.15) is 52.4 Å². The number of likely N-dealkylation sites (tertiary alicyclic amines) is 1. The molecule has 250 valence electrons. The molecule has 0 radical (unpaired) electrons. The molecule has 0 spiro atoms. The van der Waals surface area contributed by atoms with Gasteiger partial charge < -0.3 is 25.3 Å². The Morgan fingerprint density at radius 1 is 1.16 bits per heavy atom. The van der Waals surface area contributed by atoms with E-state index in [1.807, 2.05) is 36.1 Å². The minimum Gasteiger partial charge on any atom is -0.466 e. The number of nitrogens with one attached hydrogen (secondary N) is 1. The second kappa shape index (κ2) is 18.5. The number of amides is 2. The number of nitrogens with zero attached hydrogens (tertiary/aromatic N) is 4. The Bertz CT molecular complexity index is 1410. The molecule has 2 aromatic rings. The third kappa shape index (κ3) is 11.5. The van der Waals surface area contributed by atoms with Gasteiger partial charge in [-0.15, -0.1) is 12.4 Å². The number of sulfonamides is 1. The number of unbranched alkanes of at least 4 members (excludes halogenated alkanes) is 1. The van der Waals surface area contributed by atoms with E-state index >= 15 is 0 Å². The Balaban J connectivity index is 0.00000705. The normalized spacial score (nSPS) is 15.8. The highest BCUT2D eigenvalue weighted by Gasteiger charge is 2.33. The molecule has 12 nitrogen and oxygen atoms in total. The van der Waals surface area contributed by atoms with E-state index in [2.05, 4.69) is 9.82 Å². The van der Waals surface area contributed by atoms with E-state index in [1.54, 1.807) is 37.3 Å². The standard InChI is InChI=1S/C31H46N6O6S.ClH/c1-4-6-17-37(18-15-30(39)43-5-2)31(40)28(20-29(38)35(3)21-24-10-9-16-36(22-24)23-33-32)34-44(41,42)27-14-13-25-11-7-8-12-26(25)19-27;/h7-8,11-14,19,23-24,28,34H,4-6,9-10,15-18,20-22,32H2,1-3H3;1H/t24-,28-;/m0./s1. The van der Waals surface area contributed by atoms with Gasteiger partial charge in [-0.05, 0) is 55.0 Å². The quantitative estimate of drug-likeness (QED) is 0.0911. The van der Waals surface area contributed by atoms with E-state index in [1.165, 1.54) is 11.0 Å². The van der Waals surface area contributed by atoms with E-state index in [-0.39, 0.29) is 55.1 Å². The number of esters is 1. The molecule has 3 rings (SSSR count). The molecule has 2 atom stereocenters. The van der Waals surface area contributed by atoms with Crippen molar-refractivity contribution in [2.45, 2.75) is 63.3 Å². The monoisotopic (exact) mass is 666 g/mol. The zero-order valence-corrected chi connectivity index (χ0v) is 28.0. The topological polar surface area (TPSA) is 155 Å². The summed E-state index contributed by atoms with van der Waals surface area (Å²) in [5, 5.41) is 5.21. The lowest BCUT2D eigenvalue weighted by Gasteiger charge is -2.34. The number of piperidine rings is 1. The molecule has 0 aromatic heterocycles. The maximum absolute atomic E-state index is 13.9. The lowest BCUT2D eigenvalue weighted by atomic mass is 9.97. The summed E-state index contributed by atoms with van der Waals surface area (Å²) in [6.07, 6.45) is 4.46. The number of hydrogen-bond donors (Lipinski definition) is 2. The number of rotatable bonds is 16. The Hall–Kier alpha value is -3.42. The number of ether oxygens (including phenoxy) is 1. The molecular formula is C31H47ClN6O6S. The first kappa shape index (κ1) is 37.8. The summed E-state index contributed by atoms with van der Waals surface area (Å²) < 4.78 is 34.8. The summed E-state index contributed by atoms with van der Waals surface area (Å²) in [6, 6.07) is 10.7. The van der Waals surface area contributed by atoms with E-state index in [0.717, 1.165) is 36.6 Å². The number of carbonyl (C=O) groups is 3. The molecule has 45 heavy (non-hydrogen) atoms. The molecule has 2 amide bonds. The van der Waals surface area contributed by atoms with E-state index in [4.69, 9.17) is 10.6 Å². The van der Waals surface area contributed by atoms with Gasteiger partial charge in [0, 0.05) is 39.8 Å². The fourth-order valence-corrected chi connectivity index (χ4v) is 6.62. The number of halogens is 1. The summed E-state index contributed by atoms with van der Waals surface area (Å²) in [5.41, 5.74) is 0. The largest absolute Gasteiger partial charge is 0.466 e. The smallest absolute Gasteiger partial charge is 0.307 e. The van der Waals surface area contributed by atoms with E-state index < -0.39 is 27.9 Å². The van der Waals surface area contributed by atoms with Crippen molar-refractivity contribution < 1.29 is 27.5 Å². The fourth-order valence-electron chi connectivity index (χ4n) is 5.40. The fraction of sp³-hybridized carbons (Fsp3) is 0.548. The Morgan fingerprint density at radius 2 is 1.89 bits per heavy atom. The molecule has 14 heteroatoms. The molecule has 0 aliphatic carbocycles. The number of hydrogen-bond acceptors (Lipinski definition) is 8. The van der Waals surface area contributed by atoms with Crippen LogP contribution in [0.2, 0.25) is 0 Å². The molecule has 2 aromatic carbocycles. The van der Waals surface area contributed by atoms with Crippen LogP contribution in [0.15, 0.2) is 52.5 Å². The molecular weight excluding hydrogens is 620 g/mol. The molecule has 1 heterocycles. The lowest BCUT2D eigenvalue weighted by Crippen LogP contribution is -2.51. The van der Waals surface area contributed by atoms with Crippen LogP contribution in [0.5, 0.6) is 0 Å². The van der Waals surface area contributed by atoms with Crippen LogP contribution in [0.4, 0.5) is 0 Å². The van der Waals surface area contributed by atoms with Crippen molar-refractivity contribution >= 4 is 57.3 Å². The minimum absolute atomic E-state index is 0. The van der Waals surface area contributed by atoms with Crippen molar-refractivity contribution in [3.63, 3.8) is 0 Å². The van der Waals surface area contributed by atoms with Gasteiger partial charge in [0.1, 0.15) is 12.4 Å². The molecule has 0 bridgehead atoms. The second-order valence-electron chi connectivity index (χ2n) is 11.2. The minimum atomic E-state index is -4.19. The van der Waals surface area contributed by atoms with Crippen molar-refractivity contribution in [1.82, 2.24) is 19.4 Å². The van der Waals surface area contributed by atoms with Gasteiger partial charge in [0.15, 0.2) is 0 Å². The lowest BCUT2D eigenvalue weighted by molar-refractivity contribution is -0.145. The number of benzene rings is 2. The van der Waals surface area contributed by atoms with Crippen LogP contribution >= 0.6 is 12.4 Å². The Labute approximate surface area is 272 Å². The Kier molecular flexibility index (Phi) is 15.5. The van der Waals surface area contributed by atoms with Crippen molar-refractivity contribution in [1.29, 1.82) is 0 Å². The molecule has 0 saturated carbocycles. The zero-order valence-electron chi connectivity index (χ0n) is 26.4.